The van der Waals surface area contributed by atoms with Crippen LogP contribution >= 0.6 is 12.4 Å². The minimum atomic E-state index is 0. The van der Waals surface area contributed by atoms with Crippen LogP contribution < -0.4 is 5.32 Å². The molecule has 1 aliphatic rings. The highest BCUT2D eigenvalue weighted by Crippen LogP contribution is 2.23. The maximum Gasteiger partial charge on any atom is 0.0138 e. The van der Waals surface area contributed by atoms with E-state index in [1.165, 1.54) is 18.4 Å². The Morgan fingerprint density at radius 3 is 2.25 bits per heavy atom. The molecule has 0 aromatic carbocycles. The highest BCUT2D eigenvalue weighted by atomic mass is 35.5. The molecule has 0 amide bonds. The van der Waals surface area contributed by atoms with Crippen molar-refractivity contribution in [2.45, 2.75) is 18.9 Å². The smallest absolute Gasteiger partial charge is 0.0138 e. The molecule has 0 aliphatic heterocycles. The molecule has 1 N–H and O–H groups in total. The van der Waals surface area contributed by atoms with E-state index in [1.54, 1.807) is 0 Å². The molecule has 2 heteroatoms. The van der Waals surface area contributed by atoms with E-state index in [0.29, 0.717) is 0 Å². The number of halogens is 1. The Morgan fingerprint density at radius 2 is 2.12 bits per heavy atom. The van der Waals surface area contributed by atoms with Crippen molar-refractivity contribution in [2.75, 3.05) is 7.05 Å². The van der Waals surface area contributed by atoms with Gasteiger partial charge in [0.25, 0.3) is 0 Å². The molecule has 0 saturated heterocycles. The van der Waals surface area contributed by atoms with Crippen molar-refractivity contribution >= 4 is 12.4 Å². The van der Waals surface area contributed by atoms with E-state index in [4.69, 9.17) is 0 Å². The first-order valence-corrected chi connectivity index (χ1v) is 2.67. The number of rotatable bonds is 1. The van der Waals surface area contributed by atoms with Crippen molar-refractivity contribution in [2.24, 2.45) is 0 Å². The first-order valence-electron chi connectivity index (χ1n) is 2.67. The van der Waals surface area contributed by atoms with Gasteiger partial charge in [-0.2, -0.15) is 0 Å². The van der Waals surface area contributed by atoms with Gasteiger partial charge < -0.3 is 5.32 Å². The molecule has 1 rings (SSSR count). The normalized spacial score (nSPS) is 19.4. The first-order chi connectivity index (χ1) is 3.33. The molecule has 1 aliphatic carbocycles. The van der Waals surface area contributed by atoms with Gasteiger partial charge in [-0.25, -0.2) is 0 Å². The minimum absolute atomic E-state index is 0. The first kappa shape index (κ1) is 7.99. The average Bonchev–Trinajstić information content (AvgIpc) is 1.58. The summed E-state index contributed by atoms with van der Waals surface area (Å²) in [6.45, 7) is 3.82. The fraction of sp³-hybridized carbons (Fsp3) is 0.667. The van der Waals surface area contributed by atoms with E-state index in [-0.39, 0.29) is 12.4 Å². The van der Waals surface area contributed by atoms with Crippen LogP contribution in [0.25, 0.3) is 0 Å². The molecule has 0 aromatic heterocycles. The van der Waals surface area contributed by atoms with Crippen LogP contribution in [0.4, 0.5) is 0 Å². The van der Waals surface area contributed by atoms with Gasteiger partial charge in [0.05, 0.1) is 0 Å². The summed E-state index contributed by atoms with van der Waals surface area (Å²) in [6.07, 6.45) is 2.38. The lowest BCUT2D eigenvalue weighted by molar-refractivity contribution is 0.464. The van der Waals surface area contributed by atoms with Gasteiger partial charge in [-0.3, -0.25) is 0 Å². The molecule has 0 unspecified atom stereocenters. The third kappa shape index (κ3) is 1.49. The van der Waals surface area contributed by atoms with Gasteiger partial charge in [0.2, 0.25) is 0 Å². The summed E-state index contributed by atoms with van der Waals surface area (Å²) in [4.78, 5) is 0. The minimum Gasteiger partial charge on any atom is -0.316 e. The van der Waals surface area contributed by atoms with Crippen LogP contribution in [0, 0.1) is 0 Å². The average molecular weight is 134 g/mol. The van der Waals surface area contributed by atoms with Crippen LogP contribution in [-0.4, -0.2) is 13.1 Å². The fourth-order valence-electron chi connectivity index (χ4n) is 0.841. The zero-order valence-corrected chi connectivity index (χ0v) is 5.92. The second-order valence-electron chi connectivity index (χ2n) is 2.14. The molecule has 1 saturated carbocycles. The largest absolute Gasteiger partial charge is 0.316 e. The van der Waals surface area contributed by atoms with Crippen LogP contribution in [0.2, 0.25) is 0 Å². The van der Waals surface area contributed by atoms with E-state index < -0.39 is 0 Å². The van der Waals surface area contributed by atoms with Crippen molar-refractivity contribution in [3.05, 3.63) is 12.2 Å². The molecule has 1 fully saturated rings. The van der Waals surface area contributed by atoms with Gasteiger partial charge in [-0.15, -0.1) is 12.4 Å². The summed E-state index contributed by atoms with van der Waals surface area (Å²) in [6, 6.07) is 0.743. The van der Waals surface area contributed by atoms with Gasteiger partial charge in [-0.05, 0) is 19.9 Å². The molecule has 0 aromatic rings. The van der Waals surface area contributed by atoms with Gasteiger partial charge in [0.1, 0.15) is 0 Å². The van der Waals surface area contributed by atoms with Crippen molar-refractivity contribution < 1.29 is 0 Å². The number of nitrogens with one attached hydrogen (secondary N) is 1. The van der Waals surface area contributed by atoms with Gasteiger partial charge >= 0.3 is 0 Å². The van der Waals surface area contributed by atoms with Crippen molar-refractivity contribution in [3.8, 4) is 0 Å². The lowest BCUT2D eigenvalue weighted by atomic mass is 9.88. The zero-order valence-electron chi connectivity index (χ0n) is 5.11. The van der Waals surface area contributed by atoms with Gasteiger partial charge in [-0.1, -0.05) is 12.2 Å². The Bertz CT molecular complexity index is 82.5. The van der Waals surface area contributed by atoms with Crippen molar-refractivity contribution in [3.63, 3.8) is 0 Å². The summed E-state index contributed by atoms with van der Waals surface area (Å²) in [5.41, 5.74) is 1.39. The molecule has 0 atom stereocenters. The molecule has 8 heavy (non-hydrogen) atoms. The standard InChI is InChI=1S/C6H11N.ClH/c1-5-3-6(4-5)7-2;/h6-7H,1,3-4H2,2H3;1H. The lowest BCUT2D eigenvalue weighted by Gasteiger charge is -2.27. The van der Waals surface area contributed by atoms with Crippen LogP contribution in [0.15, 0.2) is 12.2 Å². The molecule has 0 bridgehead atoms. The third-order valence-corrected chi connectivity index (χ3v) is 1.48. The maximum absolute atomic E-state index is 3.82. The van der Waals surface area contributed by atoms with E-state index in [9.17, 15) is 0 Å². The van der Waals surface area contributed by atoms with Crippen LogP contribution in [0.5, 0.6) is 0 Å². The quantitative estimate of drug-likeness (QED) is 0.533. The fourth-order valence-corrected chi connectivity index (χ4v) is 0.841. The molecule has 0 heterocycles. The summed E-state index contributed by atoms with van der Waals surface area (Å²) >= 11 is 0. The third-order valence-electron chi connectivity index (χ3n) is 1.48. The summed E-state index contributed by atoms with van der Waals surface area (Å²) in [7, 11) is 2.00. The van der Waals surface area contributed by atoms with E-state index >= 15 is 0 Å². The summed E-state index contributed by atoms with van der Waals surface area (Å²) < 4.78 is 0. The van der Waals surface area contributed by atoms with Crippen LogP contribution in [0.3, 0.4) is 0 Å². The van der Waals surface area contributed by atoms with Gasteiger partial charge in [0.15, 0.2) is 0 Å². The Balaban J connectivity index is 0.000000490. The summed E-state index contributed by atoms with van der Waals surface area (Å²) in [5.74, 6) is 0. The Kier molecular flexibility index (Phi) is 3.10. The summed E-state index contributed by atoms with van der Waals surface area (Å²) in [5, 5.41) is 3.17. The SMILES string of the molecule is C=C1CC(NC)C1.Cl. The monoisotopic (exact) mass is 133 g/mol. The predicted molar refractivity (Wildman–Crippen MR) is 38.5 cm³/mol. The molecule has 0 radical (unpaired) electrons. The number of hydrogen-bond donors (Lipinski definition) is 1. The zero-order chi connectivity index (χ0) is 5.28. The second-order valence-corrected chi connectivity index (χ2v) is 2.14. The molecule has 0 spiro atoms. The molecule has 1 nitrogen and oxygen atoms in total. The maximum atomic E-state index is 3.82. The second kappa shape index (κ2) is 3.10. The Labute approximate surface area is 56.6 Å². The Morgan fingerprint density at radius 1 is 1.62 bits per heavy atom. The van der Waals surface area contributed by atoms with Crippen molar-refractivity contribution in [1.82, 2.24) is 5.32 Å². The lowest BCUT2D eigenvalue weighted by Crippen LogP contribution is -2.33. The molecular formula is C6H12ClN. The highest BCUT2D eigenvalue weighted by molar-refractivity contribution is 5.85. The van der Waals surface area contributed by atoms with Crippen molar-refractivity contribution in [1.29, 1.82) is 0 Å². The topological polar surface area (TPSA) is 12.0 Å². The van der Waals surface area contributed by atoms with E-state index in [0.717, 1.165) is 6.04 Å². The van der Waals surface area contributed by atoms with Crippen LogP contribution in [0.1, 0.15) is 12.8 Å². The van der Waals surface area contributed by atoms with Gasteiger partial charge in [0, 0.05) is 6.04 Å². The Hall–Kier alpha value is -0.0100. The van der Waals surface area contributed by atoms with E-state index in [1.807, 2.05) is 7.05 Å². The predicted octanol–water partition coefficient (Wildman–Crippen LogP) is 1.35. The molecule has 48 valence electrons. The van der Waals surface area contributed by atoms with Crippen LogP contribution in [-0.2, 0) is 0 Å². The molecular weight excluding hydrogens is 122 g/mol. The highest BCUT2D eigenvalue weighted by Gasteiger charge is 2.17. The van der Waals surface area contributed by atoms with E-state index in [2.05, 4.69) is 11.9 Å². The number of hydrogen-bond acceptors (Lipinski definition) is 1.